The Hall–Kier alpha value is -0.890. The molecule has 17 heavy (non-hydrogen) atoms. The Kier molecular flexibility index (Phi) is 2.81. The highest BCUT2D eigenvalue weighted by Crippen LogP contribution is 2.62. The van der Waals surface area contributed by atoms with Crippen molar-refractivity contribution in [2.75, 3.05) is 0 Å². The zero-order valence-electron chi connectivity index (χ0n) is 11.4. The first-order chi connectivity index (χ1) is 7.76. The van der Waals surface area contributed by atoms with Gasteiger partial charge in [-0.1, -0.05) is 39.8 Å². The van der Waals surface area contributed by atoms with Gasteiger partial charge in [-0.15, -0.1) is 0 Å². The van der Waals surface area contributed by atoms with E-state index in [0.29, 0.717) is 22.4 Å². The van der Waals surface area contributed by atoms with Crippen LogP contribution in [0.15, 0.2) is 18.2 Å². The molecule has 0 aliphatic heterocycles. The largest absolute Gasteiger partial charge is 0.309 e. The monoisotopic (exact) mass is 235 g/mol. The Balaban J connectivity index is 1.98. The lowest BCUT2D eigenvalue weighted by atomic mass is 10.0. The van der Waals surface area contributed by atoms with Crippen LogP contribution in [0.1, 0.15) is 38.8 Å². The van der Waals surface area contributed by atoms with Crippen LogP contribution in [0.5, 0.6) is 0 Å². The van der Waals surface area contributed by atoms with Crippen molar-refractivity contribution in [3.8, 4) is 0 Å². The summed E-state index contributed by atoms with van der Waals surface area (Å²) in [5, 5.41) is 3.53. The Morgan fingerprint density at radius 2 is 1.76 bits per heavy atom. The van der Waals surface area contributed by atoms with Crippen LogP contribution in [-0.2, 0) is 6.54 Å². The molecule has 1 saturated carbocycles. The van der Waals surface area contributed by atoms with E-state index in [-0.39, 0.29) is 5.82 Å². The summed E-state index contributed by atoms with van der Waals surface area (Å²) < 4.78 is 13.4. The summed E-state index contributed by atoms with van der Waals surface area (Å²) in [4.78, 5) is 0. The standard InChI is InChI=1S/C15H22FN/c1-10-6-7-11(8-12(10)16)9-17-13-14(2,3)15(13,4)5/h6-8,13,17H,9H2,1-5H3. The van der Waals surface area contributed by atoms with Crippen LogP contribution in [0.2, 0.25) is 0 Å². The molecule has 0 heterocycles. The van der Waals surface area contributed by atoms with Crippen LogP contribution in [-0.4, -0.2) is 6.04 Å². The molecule has 0 aromatic heterocycles. The second-order valence-corrected chi connectivity index (χ2v) is 6.34. The van der Waals surface area contributed by atoms with Crippen LogP contribution in [0.25, 0.3) is 0 Å². The molecule has 0 radical (unpaired) electrons. The Morgan fingerprint density at radius 3 is 2.24 bits per heavy atom. The number of hydrogen-bond acceptors (Lipinski definition) is 1. The third kappa shape index (κ3) is 1.99. The average molecular weight is 235 g/mol. The predicted octanol–water partition coefficient (Wildman–Crippen LogP) is 3.66. The normalized spacial score (nSPS) is 21.5. The van der Waals surface area contributed by atoms with E-state index in [1.165, 1.54) is 0 Å². The molecule has 1 fully saturated rings. The molecule has 2 rings (SSSR count). The van der Waals surface area contributed by atoms with Gasteiger partial charge in [-0.3, -0.25) is 0 Å². The van der Waals surface area contributed by atoms with Crippen molar-refractivity contribution in [3.05, 3.63) is 35.1 Å². The molecule has 2 heteroatoms. The minimum absolute atomic E-state index is 0.112. The lowest BCUT2D eigenvalue weighted by molar-refractivity contribution is 0.457. The average Bonchev–Trinajstić information content (AvgIpc) is 2.61. The highest BCUT2D eigenvalue weighted by molar-refractivity contribution is 5.24. The van der Waals surface area contributed by atoms with E-state index in [4.69, 9.17) is 0 Å². The topological polar surface area (TPSA) is 12.0 Å². The van der Waals surface area contributed by atoms with Crippen LogP contribution in [0.3, 0.4) is 0 Å². The number of nitrogens with one attached hydrogen (secondary N) is 1. The zero-order valence-corrected chi connectivity index (χ0v) is 11.4. The lowest BCUT2D eigenvalue weighted by Gasteiger charge is -2.07. The molecule has 1 aromatic rings. The van der Waals surface area contributed by atoms with Gasteiger partial charge >= 0.3 is 0 Å². The molecular formula is C15H22FN. The Labute approximate surface area is 103 Å². The zero-order chi connectivity index (χ0) is 12.8. The van der Waals surface area contributed by atoms with Gasteiger partial charge in [0.15, 0.2) is 0 Å². The minimum Gasteiger partial charge on any atom is -0.309 e. The summed E-state index contributed by atoms with van der Waals surface area (Å²) in [6.45, 7) is 11.6. The van der Waals surface area contributed by atoms with Gasteiger partial charge in [0.25, 0.3) is 0 Å². The number of halogens is 1. The van der Waals surface area contributed by atoms with Crippen molar-refractivity contribution in [3.63, 3.8) is 0 Å². The maximum Gasteiger partial charge on any atom is 0.126 e. The van der Waals surface area contributed by atoms with Gasteiger partial charge in [0.1, 0.15) is 5.82 Å². The molecule has 0 atom stereocenters. The summed E-state index contributed by atoms with van der Waals surface area (Å²) in [6.07, 6.45) is 0. The first kappa shape index (κ1) is 12.6. The maximum atomic E-state index is 13.4. The molecule has 0 saturated heterocycles. The van der Waals surface area contributed by atoms with E-state index in [2.05, 4.69) is 33.0 Å². The van der Waals surface area contributed by atoms with Crippen LogP contribution >= 0.6 is 0 Å². The summed E-state index contributed by atoms with van der Waals surface area (Å²) in [7, 11) is 0. The number of hydrogen-bond donors (Lipinski definition) is 1. The van der Waals surface area contributed by atoms with Crippen molar-refractivity contribution in [1.29, 1.82) is 0 Å². The molecule has 1 nitrogen and oxygen atoms in total. The summed E-state index contributed by atoms with van der Waals surface area (Å²) in [5.41, 5.74) is 2.39. The Bertz CT molecular complexity index is 421. The maximum absolute atomic E-state index is 13.4. The first-order valence-electron chi connectivity index (χ1n) is 6.25. The third-order valence-corrected chi connectivity index (χ3v) is 4.77. The number of aryl methyl sites for hydroxylation is 1. The molecule has 0 amide bonds. The summed E-state index contributed by atoms with van der Waals surface area (Å²) >= 11 is 0. The molecule has 1 N–H and O–H groups in total. The van der Waals surface area contributed by atoms with Crippen molar-refractivity contribution in [1.82, 2.24) is 5.32 Å². The van der Waals surface area contributed by atoms with Crippen LogP contribution in [0.4, 0.5) is 4.39 Å². The fourth-order valence-corrected chi connectivity index (χ4v) is 2.67. The lowest BCUT2D eigenvalue weighted by Crippen LogP contribution is -2.21. The number of benzene rings is 1. The van der Waals surface area contributed by atoms with Gasteiger partial charge in [-0.25, -0.2) is 4.39 Å². The van der Waals surface area contributed by atoms with Crippen LogP contribution in [0, 0.1) is 23.6 Å². The van der Waals surface area contributed by atoms with E-state index >= 15 is 0 Å². The Morgan fingerprint density at radius 1 is 1.18 bits per heavy atom. The second kappa shape index (κ2) is 3.81. The second-order valence-electron chi connectivity index (χ2n) is 6.34. The fourth-order valence-electron chi connectivity index (χ4n) is 2.67. The quantitative estimate of drug-likeness (QED) is 0.843. The number of rotatable bonds is 3. The SMILES string of the molecule is Cc1ccc(CNC2C(C)(C)C2(C)C)cc1F. The molecule has 1 aromatic carbocycles. The van der Waals surface area contributed by atoms with E-state index in [1.807, 2.05) is 12.1 Å². The highest BCUT2D eigenvalue weighted by atomic mass is 19.1. The van der Waals surface area contributed by atoms with Crippen molar-refractivity contribution >= 4 is 0 Å². The van der Waals surface area contributed by atoms with Crippen molar-refractivity contribution < 1.29 is 4.39 Å². The van der Waals surface area contributed by atoms with Crippen molar-refractivity contribution in [2.45, 2.75) is 47.2 Å². The van der Waals surface area contributed by atoms with Gasteiger partial charge < -0.3 is 5.32 Å². The van der Waals surface area contributed by atoms with Gasteiger partial charge in [-0.2, -0.15) is 0 Å². The van der Waals surface area contributed by atoms with E-state index in [9.17, 15) is 4.39 Å². The van der Waals surface area contributed by atoms with E-state index in [0.717, 1.165) is 12.1 Å². The van der Waals surface area contributed by atoms with Gasteiger partial charge in [0.05, 0.1) is 0 Å². The van der Waals surface area contributed by atoms with E-state index in [1.54, 1.807) is 13.0 Å². The highest BCUT2D eigenvalue weighted by Gasteiger charge is 2.64. The molecule has 0 bridgehead atoms. The third-order valence-electron chi connectivity index (χ3n) is 4.77. The summed E-state index contributed by atoms with van der Waals surface area (Å²) in [6, 6.07) is 5.98. The minimum atomic E-state index is -0.112. The predicted molar refractivity (Wildman–Crippen MR) is 69.3 cm³/mol. The molecular weight excluding hydrogens is 213 g/mol. The van der Waals surface area contributed by atoms with Gasteiger partial charge in [0.2, 0.25) is 0 Å². The molecule has 94 valence electrons. The molecule has 0 spiro atoms. The van der Waals surface area contributed by atoms with E-state index < -0.39 is 0 Å². The smallest absolute Gasteiger partial charge is 0.126 e. The van der Waals surface area contributed by atoms with Crippen LogP contribution < -0.4 is 5.32 Å². The summed E-state index contributed by atoms with van der Waals surface area (Å²) in [5.74, 6) is -0.112. The van der Waals surface area contributed by atoms with Gasteiger partial charge in [-0.05, 0) is 34.9 Å². The van der Waals surface area contributed by atoms with Gasteiger partial charge in [0, 0.05) is 12.6 Å². The molecule has 1 aliphatic carbocycles. The molecule has 1 aliphatic rings. The fraction of sp³-hybridized carbons (Fsp3) is 0.600. The molecule has 0 unspecified atom stereocenters. The van der Waals surface area contributed by atoms with Crippen molar-refractivity contribution in [2.24, 2.45) is 10.8 Å². The first-order valence-corrected chi connectivity index (χ1v) is 6.25.